The lowest BCUT2D eigenvalue weighted by atomic mass is 9.91. The van der Waals surface area contributed by atoms with E-state index in [9.17, 15) is 4.79 Å². The third-order valence-electron chi connectivity index (χ3n) is 3.07. The van der Waals surface area contributed by atoms with Crippen LogP contribution in [0.25, 0.3) is 0 Å². The first kappa shape index (κ1) is 16.1. The molecule has 6 heteroatoms. The molecule has 0 unspecified atom stereocenters. The van der Waals surface area contributed by atoms with Crippen molar-refractivity contribution in [3.05, 3.63) is 38.3 Å². The van der Waals surface area contributed by atoms with Gasteiger partial charge in [-0.25, -0.2) is 0 Å². The van der Waals surface area contributed by atoms with Crippen LogP contribution in [0.3, 0.4) is 0 Å². The van der Waals surface area contributed by atoms with E-state index in [2.05, 4.69) is 30.8 Å². The molecule has 0 saturated heterocycles. The lowest BCUT2D eigenvalue weighted by Gasteiger charge is -2.17. The van der Waals surface area contributed by atoms with Crippen LogP contribution in [0.1, 0.15) is 47.3 Å². The molecule has 4 nitrogen and oxygen atoms in total. The Morgan fingerprint density at radius 1 is 1.29 bits per heavy atom. The minimum atomic E-state index is -0.209. The molecule has 0 atom stereocenters. The average Bonchev–Trinajstić information content (AvgIpc) is 2.82. The zero-order valence-electron chi connectivity index (χ0n) is 12.7. The molecule has 0 aliphatic heterocycles. The van der Waals surface area contributed by atoms with Crippen LogP contribution in [-0.2, 0) is 5.41 Å². The standard InChI is InChI=1S/C15H18BrN3OS/c1-8-6-9(2)11(10(16)7-8)17-14(20)12-13(15(3,4)5)18-19-21-12/h6-7H,1-5H3,(H,17,20). The van der Waals surface area contributed by atoms with E-state index in [1.54, 1.807) is 0 Å². The van der Waals surface area contributed by atoms with Crippen molar-refractivity contribution in [3.8, 4) is 0 Å². The summed E-state index contributed by atoms with van der Waals surface area (Å²) >= 11 is 4.64. The van der Waals surface area contributed by atoms with Gasteiger partial charge in [0.1, 0.15) is 4.88 Å². The molecule has 0 radical (unpaired) electrons. The molecule has 1 heterocycles. The van der Waals surface area contributed by atoms with Crippen LogP contribution < -0.4 is 5.32 Å². The molecule has 0 fully saturated rings. The van der Waals surface area contributed by atoms with Gasteiger partial charge in [0.05, 0.1) is 11.4 Å². The van der Waals surface area contributed by atoms with Crippen molar-refractivity contribution < 1.29 is 4.79 Å². The van der Waals surface area contributed by atoms with Gasteiger partial charge in [-0.05, 0) is 58.5 Å². The molecule has 0 spiro atoms. The third kappa shape index (κ3) is 3.49. The SMILES string of the molecule is Cc1cc(C)c(NC(=O)c2snnc2C(C)(C)C)c(Br)c1. The summed E-state index contributed by atoms with van der Waals surface area (Å²) < 4.78 is 4.81. The monoisotopic (exact) mass is 367 g/mol. The molecule has 21 heavy (non-hydrogen) atoms. The van der Waals surface area contributed by atoms with Crippen LogP contribution in [-0.4, -0.2) is 15.5 Å². The van der Waals surface area contributed by atoms with E-state index in [1.807, 2.05) is 46.8 Å². The molecule has 1 aromatic carbocycles. The Bertz CT molecular complexity index is 665. The lowest BCUT2D eigenvalue weighted by molar-refractivity contribution is 0.102. The molecule has 1 aromatic heterocycles. The van der Waals surface area contributed by atoms with Crippen LogP contribution in [0, 0.1) is 13.8 Å². The van der Waals surface area contributed by atoms with Gasteiger partial charge in [-0.1, -0.05) is 31.3 Å². The summed E-state index contributed by atoms with van der Waals surface area (Å²) in [7, 11) is 0. The maximum absolute atomic E-state index is 12.5. The number of amides is 1. The van der Waals surface area contributed by atoms with Crippen LogP contribution in [0.2, 0.25) is 0 Å². The number of carbonyl (C=O) groups excluding carboxylic acids is 1. The molecular formula is C15H18BrN3OS. The smallest absolute Gasteiger partial charge is 0.269 e. The first-order valence-electron chi connectivity index (χ1n) is 6.61. The minimum Gasteiger partial charge on any atom is -0.320 e. The Morgan fingerprint density at radius 3 is 2.52 bits per heavy atom. The summed E-state index contributed by atoms with van der Waals surface area (Å²) in [5, 5.41) is 7.07. The van der Waals surface area contributed by atoms with Crippen LogP contribution >= 0.6 is 27.5 Å². The highest BCUT2D eigenvalue weighted by molar-refractivity contribution is 9.10. The predicted molar refractivity (Wildman–Crippen MR) is 90.2 cm³/mol. The molecule has 0 saturated carbocycles. The van der Waals surface area contributed by atoms with E-state index in [4.69, 9.17) is 0 Å². The van der Waals surface area contributed by atoms with Gasteiger partial charge in [-0.2, -0.15) is 0 Å². The van der Waals surface area contributed by atoms with Crippen molar-refractivity contribution in [3.63, 3.8) is 0 Å². The normalized spacial score (nSPS) is 11.5. The van der Waals surface area contributed by atoms with E-state index in [-0.39, 0.29) is 11.3 Å². The first-order chi connectivity index (χ1) is 9.70. The third-order valence-corrected chi connectivity index (χ3v) is 4.42. The molecule has 1 amide bonds. The summed E-state index contributed by atoms with van der Waals surface area (Å²) in [4.78, 5) is 13.1. The molecule has 2 aromatic rings. The second-order valence-electron chi connectivity index (χ2n) is 6.09. The van der Waals surface area contributed by atoms with E-state index in [0.29, 0.717) is 4.88 Å². The second-order valence-corrected chi connectivity index (χ2v) is 7.70. The number of rotatable bonds is 2. The number of anilines is 1. The van der Waals surface area contributed by atoms with Gasteiger partial charge in [0.2, 0.25) is 0 Å². The summed E-state index contributed by atoms with van der Waals surface area (Å²) in [5.74, 6) is -0.164. The summed E-state index contributed by atoms with van der Waals surface area (Å²) in [5.41, 5.74) is 3.47. The average molecular weight is 368 g/mol. The van der Waals surface area contributed by atoms with Crippen molar-refractivity contribution in [1.82, 2.24) is 9.59 Å². The zero-order valence-corrected chi connectivity index (χ0v) is 15.1. The molecule has 0 aliphatic rings. The van der Waals surface area contributed by atoms with Gasteiger partial charge in [0.25, 0.3) is 5.91 Å². The highest BCUT2D eigenvalue weighted by atomic mass is 79.9. The Morgan fingerprint density at radius 2 is 1.95 bits per heavy atom. The number of aryl methyl sites for hydroxylation is 2. The number of benzene rings is 1. The van der Waals surface area contributed by atoms with E-state index in [0.717, 1.165) is 38.5 Å². The fraction of sp³-hybridized carbons (Fsp3) is 0.400. The van der Waals surface area contributed by atoms with Gasteiger partial charge >= 0.3 is 0 Å². The Balaban J connectivity index is 2.34. The van der Waals surface area contributed by atoms with Gasteiger partial charge in [0.15, 0.2) is 0 Å². The maximum atomic E-state index is 12.5. The fourth-order valence-corrected chi connectivity index (χ4v) is 3.62. The summed E-state index contributed by atoms with van der Waals surface area (Å²) in [6.07, 6.45) is 0. The molecule has 1 N–H and O–H groups in total. The fourth-order valence-electron chi connectivity index (χ4n) is 2.07. The number of halogens is 1. The van der Waals surface area contributed by atoms with Gasteiger partial charge in [0, 0.05) is 9.89 Å². The molecule has 2 rings (SSSR count). The minimum absolute atomic E-state index is 0.164. The van der Waals surface area contributed by atoms with Crippen LogP contribution in [0.15, 0.2) is 16.6 Å². The molecule has 0 bridgehead atoms. The quantitative estimate of drug-likeness (QED) is 0.851. The summed E-state index contributed by atoms with van der Waals surface area (Å²) in [6, 6.07) is 4.02. The van der Waals surface area contributed by atoms with Gasteiger partial charge < -0.3 is 5.32 Å². The topological polar surface area (TPSA) is 54.9 Å². The first-order valence-corrected chi connectivity index (χ1v) is 8.17. The zero-order chi connectivity index (χ0) is 15.8. The van der Waals surface area contributed by atoms with E-state index < -0.39 is 0 Å². The largest absolute Gasteiger partial charge is 0.320 e. The van der Waals surface area contributed by atoms with Crippen molar-refractivity contribution in [1.29, 1.82) is 0 Å². The molecule has 0 aliphatic carbocycles. The van der Waals surface area contributed by atoms with Gasteiger partial charge in [-0.3, -0.25) is 4.79 Å². The predicted octanol–water partition coefficient (Wildman–Crippen LogP) is 4.47. The Kier molecular flexibility index (Phi) is 4.49. The highest BCUT2D eigenvalue weighted by Gasteiger charge is 2.26. The number of carbonyl (C=O) groups is 1. The van der Waals surface area contributed by atoms with E-state index in [1.165, 1.54) is 0 Å². The highest BCUT2D eigenvalue weighted by Crippen LogP contribution is 2.30. The van der Waals surface area contributed by atoms with Crippen LogP contribution in [0.4, 0.5) is 5.69 Å². The maximum Gasteiger partial charge on any atom is 0.269 e. The van der Waals surface area contributed by atoms with Crippen molar-refractivity contribution in [2.24, 2.45) is 0 Å². The number of hydrogen-bond acceptors (Lipinski definition) is 4. The molecule has 112 valence electrons. The number of nitrogens with one attached hydrogen (secondary N) is 1. The summed E-state index contributed by atoms with van der Waals surface area (Å²) in [6.45, 7) is 10.1. The molecular weight excluding hydrogens is 350 g/mol. The number of aromatic nitrogens is 2. The van der Waals surface area contributed by atoms with Crippen molar-refractivity contribution in [2.75, 3.05) is 5.32 Å². The van der Waals surface area contributed by atoms with Crippen LogP contribution in [0.5, 0.6) is 0 Å². The Hall–Kier alpha value is -1.27. The lowest BCUT2D eigenvalue weighted by Crippen LogP contribution is -2.20. The van der Waals surface area contributed by atoms with Gasteiger partial charge in [-0.15, -0.1) is 5.10 Å². The van der Waals surface area contributed by atoms with Crippen molar-refractivity contribution >= 4 is 39.1 Å². The second kappa shape index (κ2) is 5.85. The van der Waals surface area contributed by atoms with E-state index >= 15 is 0 Å². The Labute approximate surface area is 137 Å². The van der Waals surface area contributed by atoms with Crippen molar-refractivity contribution in [2.45, 2.75) is 40.0 Å². The number of nitrogens with zero attached hydrogens (tertiary/aromatic N) is 2. The number of hydrogen-bond donors (Lipinski definition) is 1.